The van der Waals surface area contributed by atoms with E-state index in [0.29, 0.717) is 19.6 Å². The van der Waals surface area contributed by atoms with Gasteiger partial charge in [-0.25, -0.2) is 0 Å². The van der Waals surface area contributed by atoms with Crippen molar-refractivity contribution < 1.29 is 4.79 Å². The van der Waals surface area contributed by atoms with Crippen molar-refractivity contribution in [3.05, 3.63) is 67.2 Å². The van der Waals surface area contributed by atoms with Crippen molar-refractivity contribution in [2.45, 2.75) is 6.54 Å². The number of carbonyl (C=O) groups excluding carboxylic acids is 1. The molecule has 5 heteroatoms. The van der Waals surface area contributed by atoms with Crippen molar-refractivity contribution in [2.75, 3.05) is 13.1 Å². The number of carbonyl (C=O) groups is 1. The Morgan fingerprint density at radius 2 is 2.14 bits per heavy atom. The first kappa shape index (κ1) is 16.2. The Morgan fingerprint density at radius 3 is 2.67 bits per heavy atom. The topological polar surface area (TPSA) is 69.0 Å². The Bertz CT molecular complexity index is 547. The summed E-state index contributed by atoms with van der Waals surface area (Å²) in [7, 11) is 0. The van der Waals surface area contributed by atoms with Crippen LogP contribution in [0.5, 0.6) is 0 Å². The molecule has 1 heterocycles. The van der Waals surface area contributed by atoms with Gasteiger partial charge in [0, 0.05) is 38.2 Å². The molecule has 0 aliphatic carbocycles. The molecule has 21 heavy (non-hydrogen) atoms. The number of nitrogens with one attached hydrogen (secondary N) is 1. The van der Waals surface area contributed by atoms with Gasteiger partial charge in [-0.1, -0.05) is 18.2 Å². The minimum Gasteiger partial charge on any atom is -0.369 e. The molecule has 1 amide bonds. The van der Waals surface area contributed by atoms with Gasteiger partial charge in [0.05, 0.1) is 0 Å². The lowest BCUT2D eigenvalue weighted by molar-refractivity contribution is -0.117. The van der Waals surface area contributed by atoms with E-state index in [1.165, 1.54) is 6.20 Å². The zero-order valence-corrected chi connectivity index (χ0v) is 11.8. The third-order valence-corrected chi connectivity index (χ3v) is 2.58. The van der Waals surface area contributed by atoms with Gasteiger partial charge in [-0.2, -0.15) is 5.26 Å². The molecule has 0 radical (unpaired) electrons. The number of hydrogen-bond donors (Lipinski definition) is 1. The smallest absolute Gasteiger partial charge is 0.263 e. The average molecular weight is 282 g/mol. The van der Waals surface area contributed by atoms with Gasteiger partial charge in [-0.15, -0.1) is 13.2 Å². The van der Waals surface area contributed by atoms with E-state index in [1.54, 1.807) is 35.5 Å². The second-order valence-corrected chi connectivity index (χ2v) is 4.23. The molecule has 0 spiro atoms. The molecule has 1 aromatic heterocycles. The fourth-order valence-corrected chi connectivity index (χ4v) is 1.61. The third kappa shape index (κ3) is 5.74. The van der Waals surface area contributed by atoms with Crippen LogP contribution < -0.4 is 5.32 Å². The van der Waals surface area contributed by atoms with Gasteiger partial charge in [0.15, 0.2) is 0 Å². The summed E-state index contributed by atoms with van der Waals surface area (Å²) in [6.45, 7) is 8.68. The fraction of sp³-hybridized carbons (Fsp3) is 0.188. The summed E-state index contributed by atoms with van der Waals surface area (Å²) >= 11 is 0. The molecule has 1 rings (SSSR count). The van der Waals surface area contributed by atoms with Crippen LogP contribution in [-0.2, 0) is 11.3 Å². The lowest BCUT2D eigenvalue weighted by atomic mass is 10.2. The number of pyridine rings is 1. The lowest BCUT2D eigenvalue weighted by Crippen LogP contribution is -2.26. The van der Waals surface area contributed by atoms with Crippen LogP contribution >= 0.6 is 0 Å². The molecule has 0 unspecified atom stereocenters. The first-order valence-corrected chi connectivity index (χ1v) is 6.46. The van der Waals surface area contributed by atoms with Crippen LogP contribution in [0.4, 0.5) is 0 Å². The number of amides is 1. The Hall–Kier alpha value is -2.87. The maximum Gasteiger partial charge on any atom is 0.263 e. The van der Waals surface area contributed by atoms with Crippen LogP contribution in [-0.4, -0.2) is 28.9 Å². The zero-order chi connectivity index (χ0) is 15.5. The van der Waals surface area contributed by atoms with Crippen LogP contribution in [0.25, 0.3) is 0 Å². The maximum atomic E-state index is 12.0. The number of nitriles is 1. The normalized spacial score (nSPS) is 10.3. The molecular formula is C16H18N4O. The average Bonchev–Trinajstić information content (AvgIpc) is 2.51. The Morgan fingerprint density at radius 1 is 1.43 bits per heavy atom. The van der Waals surface area contributed by atoms with E-state index in [-0.39, 0.29) is 5.57 Å². The third-order valence-electron chi connectivity index (χ3n) is 2.58. The molecule has 0 bridgehead atoms. The van der Waals surface area contributed by atoms with Crippen LogP contribution in [0.1, 0.15) is 5.56 Å². The highest BCUT2D eigenvalue weighted by atomic mass is 16.1. The maximum absolute atomic E-state index is 12.0. The van der Waals surface area contributed by atoms with E-state index < -0.39 is 5.91 Å². The first-order chi connectivity index (χ1) is 10.2. The largest absolute Gasteiger partial charge is 0.369 e. The zero-order valence-electron chi connectivity index (χ0n) is 11.8. The molecule has 0 saturated heterocycles. The van der Waals surface area contributed by atoms with E-state index in [4.69, 9.17) is 5.26 Å². The molecular weight excluding hydrogens is 264 g/mol. The quantitative estimate of drug-likeness (QED) is 0.448. The summed E-state index contributed by atoms with van der Waals surface area (Å²) in [4.78, 5) is 17.7. The molecule has 0 fully saturated rings. The predicted octanol–water partition coefficient (Wildman–Crippen LogP) is 1.78. The molecule has 108 valence electrons. The van der Waals surface area contributed by atoms with Crippen molar-refractivity contribution >= 4 is 5.91 Å². The van der Waals surface area contributed by atoms with Crippen molar-refractivity contribution in [3.63, 3.8) is 0 Å². The molecule has 5 nitrogen and oxygen atoms in total. The minimum absolute atomic E-state index is 0.0441. The van der Waals surface area contributed by atoms with Crippen LogP contribution in [0.15, 0.2) is 61.6 Å². The van der Waals surface area contributed by atoms with Crippen molar-refractivity contribution in [2.24, 2.45) is 0 Å². The fourth-order valence-electron chi connectivity index (χ4n) is 1.61. The summed E-state index contributed by atoms with van der Waals surface area (Å²) in [6, 6.07) is 5.55. The summed E-state index contributed by atoms with van der Waals surface area (Å²) in [5.41, 5.74) is 0.916. The van der Waals surface area contributed by atoms with E-state index in [9.17, 15) is 4.79 Å². The minimum atomic E-state index is -0.417. The molecule has 1 N–H and O–H groups in total. The van der Waals surface area contributed by atoms with Gasteiger partial charge in [-0.3, -0.25) is 9.78 Å². The molecule has 0 aliphatic rings. The summed E-state index contributed by atoms with van der Waals surface area (Å²) in [5, 5.41) is 11.8. The number of rotatable bonds is 8. The van der Waals surface area contributed by atoms with E-state index in [0.717, 1.165) is 5.56 Å². The number of aromatic nitrogens is 1. The highest BCUT2D eigenvalue weighted by Gasteiger charge is 2.10. The monoisotopic (exact) mass is 282 g/mol. The van der Waals surface area contributed by atoms with Crippen LogP contribution in [0.3, 0.4) is 0 Å². The molecule has 0 aliphatic heterocycles. The van der Waals surface area contributed by atoms with Gasteiger partial charge in [0.1, 0.15) is 11.6 Å². The molecule has 0 atom stereocenters. The molecule has 0 aromatic carbocycles. The van der Waals surface area contributed by atoms with Gasteiger partial charge in [0.25, 0.3) is 5.91 Å². The Labute approximate surface area is 124 Å². The van der Waals surface area contributed by atoms with E-state index in [1.807, 2.05) is 12.1 Å². The van der Waals surface area contributed by atoms with Crippen LogP contribution in [0.2, 0.25) is 0 Å². The van der Waals surface area contributed by atoms with E-state index >= 15 is 0 Å². The van der Waals surface area contributed by atoms with E-state index in [2.05, 4.69) is 23.5 Å². The van der Waals surface area contributed by atoms with Gasteiger partial charge in [0.2, 0.25) is 0 Å². The van der Waals surface area contributed by atoms with Crippen LogP contribution in [0, 0.1) is 11.3 Å². The highest BCUT2D eigenvalue weighted by molar-refractivity contribution is 5.97. The molecule has 0 saturated carbocycles. The van der Waals surface area contributed by atoms with Gasteiger partial charge >= 0.3 is 0 Å². The molecule has 1 aromatic rings. The Balaban J connectivity index is 2.69. The Kier molecular flexibility index (Phi) is 7.01. The van der Waals surface area contributed by atoms with Crippen molar-refractivity contribution in [1.82, 2.24) is 15.2 Å². The van der Waals surface area contributed by atoms with Crippen molar-refractivity contribution in [3.8, 4) is 6.07 Å². The second kappa shape index (κ2) is 9.10. The number of nitrogens with zero attached hydrogens (tertiary/aromatic N) is 3. The second-order valence-electron chi connectivity index (χ2n) is 4.23. The summed E-state index contributed by atoms with van der Waals surface area (Å²) in [5.74, 6) is -0.417. The number of hydrogen-bond acceptors (Lipinski definition) is 4. The predicted molar refractivity (Wildman–Crippen MR) is 81.7 cm³/mol. The van der Waals surface area contributed by atoms with Crippen molar-refractivity contribution in [1.29, 1.82) is 5.26 Å². The highest BCUT2D eigenvalue weighted by Crippen LogP contribution is 2.01. The standard InChI is InChI=1S/C16H18N4O/c1-3-8-20(9-4-2)13-15(10-17)16(21)19-12-14-6-5-7-18-11-14/h3-7,11,13H,1-2,8-9,12H2,(H,19,21)/b15-13-. The lowest BCUT2D eigenvalue weighted by Gasteiger charge is -2.16. The first-order valence-electron chi connectivity index (χ1n) is 6.46. The summed E-state index contributed by atoms with van der Waals surface area (Å²) in [6.07, 6.45) is 8.24. The van der Waals surface area contributed by atoms with Gasteiger partial charge < -0.3 is 10.2 Å². The van der Waals surface area contributed by atoms with Gasteiger partial charge in [-0.05, 0) is 11.6 Å². The summed E-state index contributed by atoms with van der Waals surface area (Å²) < 4.78 is 0. The SMILES string of the molecule is C=CCN(/C=C(/C#N)C(=O)NCc1cccnc1)CC=C.